The Balaban J connectivity index is 1.72. The molecule has 0 saturated carbocycles. The number of ether oxygens (including phenoxy) is 1. The summed E-state index contributed by atoms with van der Waals surface area (Å²) in [4.78, 5) is 33.1. The molecule has 1 heterocycles. The van der Waals surface area contributed by atoms with Crippen LogP contribution in [0.5, 0.6) is 0 Å². The Morgan fingerprint density at radius 2 is 2.11 bits per heavy atom. The normalized spacial score (nSPS) is 16.5. The molecule has 2 N–H and O–H groups in total. The maximum atomic E-state index is 14.4. The topological polar surface area (TPSA) is 127 Å². The van der Waals surface area contributed by atoms with Crippen LogP contribution in [0.3, 0.4) is 0 Å². The van der Waals surface area contributed by atoms with Crippen molar-refractivity contribution < 1.29 is 37.1 Å². The number of esters is 1. The van der Waals surface area contributed by atoms with E-state index in [1.54, 1.807) is 13.0 Å². The molecular formula is C24H25F3N4O5. The van der Waals surface area contributed by atoms with E-state index in [9.17, 15) is 22.8 Å². The zero-order valence-corrected chi connectivity index (χ0v) is 19.7. The highest BCUT2D eigenvalue weighted by molar-refractivity contribution is 5.91. The molecule has 2 aromatic rings. The third kappa shape index (κ3) is 6.45. The molecule has 192 valence electrons. The monoisotopic (exact) mass is 506 g/mol. The number of aliphatic hydroxyl groups is 1. The fourth-order valence-electron chi connectivity index (χ4n) is 3.87. The first kappa shape index (κ1) is 26.8. The van der Waals surface area contributed by atoms with Crippen molar-refractivity contribution in [2.24, 2.45) is 4.99 Å². The average molecular weight is 506 g/mol. The smallest absolute Gasteiger partial charge is 0.335 e. The minimum absolute atomic E-state index is 0.0196. The molecule has 1 aliphatic carbocycles. The van der Waals surface area contributed by atoms with Crippen LogP contribution in [0.1, 0.15) is 55.8 Å². The van der Waals surface area contributed by atoms with Crippen molar-refractivity contribution in [1.82, 2.24) is 15.5 Å². The highest BCUT2D eigenvalue weighted by Gasteiger charge is 2.30. The van der Waals surface area contributed by atoms with Gasteiger partial charge in [-0.15, -0.1) is 0 Å². The number of hydrogen-bond acceptors (Lipinski definition) is 8. The molecule has 0 fully saturated rings. The van der Waals surface area contributed by atoms with Crippen LogP contribution in [0.15, 0.2) is 39.0 Å². The molecule has 1 aromatic carbocycles. The lowest BCUT2D eigenvalue weighted by Crippen LogP contribution is -2.30. The van der Waals surface area contributed by atoms with Crippen molar-refractivity contribution >= 4 is 23.8 Å². The predicted octanol–water partition coefficient (Wildman–Crippen LogP) is 3.35. The van der Waals surface area contributed by atoms with Crippen LogP contribution in [0.2, 0.25) is 0 Å². The summed E-state index contributed by atoms with van der Waals surface area (Å²) in [7, 11) is 1.19. The molecule has 0 aliphatic heterocycles. The molecule has 0 spiro atoms. The lowest BCUT2D eigenvalue weighted by atomic mass is 9.82. The molecule has 0 radical (unpaired) electrons. The lowest BCUT2D eigenvalue weighted by Gasteiger charge is -2.27. The standard InChI is InChI=1S/C24H25F3N4O5/c1-3-18(28-8-9-32)23-30-21(36-31-23)7-6-20(33)29-19-10-13(4-5-15(19)24(34)35-2)16-11-14(25)12-17(26)22(16)27/h3,8,11-13,32H,4-7,9-10H2,1-2H3,(H,29,33)/b18-3-,28-8?. The van der Waals surface area contributed by atoms with Crippen LogP contribution in [0.25, 0.3) is 5.70 Å². The summed E-state index contributed by atoms with van der Waals surface area (Å²) in [5.74, 6) is -4.83. The van der Waals surface area contributed by atoms with E-state index in [0.29, 0.717) is 11.8 Å². The van der Waals surface area contributed by atoms with Crippen molar-refractivity contribution in [2.45, 2.75) is 44.9 Å². The maximum Gasteiger partial charge on any atom is 0.335 e. The second-order valence-corrected chi connectivity index (χ2v) is 7.91. The fourth-order valence-corrected chi connectivity index (χ4v) is 3.87. The molecular weight excluding hydrogens is 481 g/mol. The van der Waals surface area contributed by atoms with Gasteiger partial charge < -0.3 is 19.7 Å². The Bertz CT molecular complexity index is 1220. The minimum Gasteiger partial charge on any atom is -0.466 e. The Labute approximate surface area is 204 Å². The SMILES string of the molecule is C/C=C(\N=CCO)c1noc(CCC(=O)NC2=C(C(=O)OC)CCC(c3cc(F)cc(F)c3F)C2)n1. The molecule has 1 atom stereocenters. The van der Waals surface area contributed by atoms with Gasteiger partial charge in [0, 0.05) is 30.8 Å². The van der Waals surface area contributed by atoms with Gasteiger partial charge in [-0.1, -0.05) is 11.2 Å². The Hall–Kier alpha value is -3.80. The van der Waals surface area contributed by atoms with Crippen molar-refractivity contribution in [1.29, 1.82) is 0 Å². The molecule has 1 amide bonds. The summed E-state index contributed by atoms with van der Waals surface area (Å²) in [6, 6.07) is 1.38. The van der Waals surface area contributed by atoms with Crippen LogP contribution in [0.4, 0.5) is 13.2 Å². The number of allylic oxidation sites excluding steroid dienone is 2. The van der Waals surface area contributed by atoms with Gasteiger partial charge in [0.25, 0.3) is 0 Å². The first-order valence-corrected chi connectivity index (χ1v) is 11.1. The summed E-state index contributed by atoms with van der Waals surface area (Å²) in [6.45, 7) is 1.45. The van der Waals surface area contributed by atoms with Gasteiger partial charge in [0.15, 0.2) is 11.6 Å². The predicted molar refractivity (Wildman–Crippen MR) is 122 cm³/mol. The maximum absolute atomic E-state index is 14.4. The van der Waals surface area contributed by atoms with Crippen molar-refractivity contribution in [3.05, 3.63) is 64.2 Å². The molecule has 0 saturated heterocycles. The second kappa shape index (κ2) is 12.2. The Morgan fingerprint density at radius 1 is 1.33 bits per heavy atom. The van der Waals surface area contributed by atoms with E-state index in [4.69, 9.17) is 14.4 Å². The van der Waals surface area contributed by atoms with Crippen LogP contribution in [-0.2, 0) is 20.7 Å². The molecule has 36 heavy (non-hydrogen) atoms. The number of aryl methyl sites for hydroxylation is 1. The Morgan fingerprint density at radius 3 is 2.81 bits per heavy atom. The van der Waals surface area contributed by atoms with Crippen LogP contribution >= 0.6 is 0 Å². The summed E-state index contributed by atoms with van der Waals surface area (Å²) in [5.41, 5.74) is 0.627. The van der Waals surface area contributed by atoms with Gasteiger partial charge in [-0.25, -0.2) is 18.0 Å². The number of benzene rings is 1. The van der Waals surface area contributed by atoms with Crippen molar-refractivity contribution in [3.63, 3.8) is 0 Å². The van der Waals surface area contributed by atoms with Gasteiger partial charge in [0.05, 0.1) is 19.3 Å². The number of aliphatic hydroxyl groups excluding tert-OH is 1. The lowest BCUT2D eigenvalue weighted by molar-refractivity contribution is -0.136. The summed E-state index contributed by atoms with van der Waals surface area (Å²) in [5, 5.41) is 15.3. The van der Waals surface area contributed by atoms with E-state index >= 15 is 0 Å². The highest BCUT2D eigenvalue weighted by atomic mass is 19.2. The zero-order valence-electron chi connectivity index (χ0n) is 19.7. The van der Waals surface area contributed by atoms with Crippen LogP contribution in [0, 0.1) is 17.5 Å². The van der Waals surface area contributed by atoms with Crippen LogP contribution < -0.4 is 5.32 Å². The molecule has 9 nitrogen and oxygen atoms in total. The van der Waals surface area contributed by atoms with E-state index in [2.05, 4.69) is 20.4 Å². The number of hydrogen-bond donors (Lipinski definition) is 2. The number of rotatable bonds is 9. The minimum atomic E-state index is -1.31. The molecule has 0 bridgehead atoms. The quantitative estimate of drug-likeness (QED) is 0.303. The van der Waals surface area contributed by atoms with Crippen molar-refractivity contribution in [3.8, 4) is 0 Å². The summed E-state index contributed by atoms with van der Waals surface area (Å²) < 4.78 is 51.7. The molecule has 1 aromatic heterocycles. The van der Waals surface area contributed by atoms with E-state index < -0.39 is 35.2 Å². The van der Waals surface area contributed by atoms with Gasteiger partial charge in [-0.3, -0.25) is 9.79 Å². The van der Waals surface area contributed by atoms with Crippen LogP contribution in [-0.4, -0.2) is 47.1 Å². The second-order valence-electron chi connectivity index (χ2n) is 7.91. The van der Waals surface area contributed by atoms with Gasteiger partial charge in [0.2, 0.25) is 17.6 Å². The fraction of sp³-hybridized carbons (Fsp3) is 0.375. The third-order valence-electron chi connectivity index (χ3n) is 5.59. The number of aromatic nitrogens is 2. The number of amides is 1. The molecule has 1 aliphatic rings. The number of halogens is 3. The number of nitrogens with one attached hydrogen (secondary N) is 1. The Kier molecular flexibility index (Phi) is 9.12. The van der Waals surface area contributed by atoms with E-state index in [0.717, 1.165) is 6.07 Å². The first-order chi connectivity index (χ1) is 17.3. The van der Waals surface area contributed by atoms with Gasteiger partial charge >= 0.3 is 5.97 Å². The summed E-state index contributed by atoms with van der Waals surface area (Å²) >= 11 is 0. The number of nitrogens with zero attached hydrogens (tertiary/aromatic N) is 3. The molecule has 1 unspecified atom stereocenters. The number of carbonyl (C=O) groups excluding carboxylic acids is 2. The van der Waals surface area contributed by atoms with E-state index in [-0.39, 0.29) is 67.3 Å². The number of aliphatic imine (C=N–C) groups is 1. The van der Waals surface area contributed by atoms with E-state index in [1.165, 1.54) is 13.3 Å². The molecule has 12 heteroatoms. The van der Waals surface area contributed by atoms with Gasteiger partial charge in [-0.05, 0) is 43.7 Å². The van der Waals surface area contributed by atoms with E-state index in [1.807, 2.05) is 0 Å². The third-order valence-corrected chi connectivity index (χ3v) is 5.59. The number of methoxy groups -OCH3 is 1. The average Bonchev–Trinajstić information content (AvgIpc) is 3.34. The zero-order chi connectivity index (χ0) is 26.2. The van der Waals surface area contributed by atoms with Gasteiger partial charge in [0.1, 0.15) is 11.5 Å². The molecule has 3 rings (SSSR count). The largest absolute Gasteiger partial charge is 0.466 e. The van der Waals surface area contributed by atoms with Crippen molar-refractivity contribution in [2.75, 3.05) is 13.7 Å². The highest BCUT2D eigenvalue weighted by Crippen LogP contribution is 2.37. The first-order valence-electron chi connectivity index (χ1n) is 11.1. The van der Waals surface area contributed by atoms with Gasteiger partial charge in [-0.2, -0.15) is 4.98 Å². The number of carbonyl (C=O) groups is 2. The summed E-state index contributed by atoms with van der Waals surface area (Å²) in [6.07, 6.45) is 3.23.